The van der Waals surface area contributed by atoms with Gasteiger partial charge < -0.3 is 15.0 Å². The zero-order valence-corrected chi connectivity index (χ0v) is 18.3. The topological polar surface area (TPSA) is 61.9 Å². The quantitative estimate of drug-likeness (QED) is 0.638. The number of benzene rings is 2. The first-order valence-electron chi connectivity index (χ1n) is 11.1. The molecule has 0 saturated carbocycles. The van der Waals surface area contributed by atoms with Gasteiger partial charge in [-0.2, -0.15) is 0 Å². The van der Waals surface area contributed by atoms with Crippen LogP contribution in [0, 0.1) is 0 Å². The van der Waals surface area contributed by atoms with Crippen LogP contribution in [0.5, 0.6) is 0 Å². The summed E-state index contributed by atoms with van der Waals surface area (Å²) >= 11 is 0. The predicted octanol–water partition coefficient (Wildman–Crippen LogP) is 2.48. The van der Waals surface area contributed by atoms with E-state index in [-0.39, 0.29) is 11.8 Å². The number of carbonyl (C=O) groups excluding carboxylic acids is 2. The number of ether oxygens (including phenoxy) is 1. The van der Waals surface area contributed by atoms with Crippen molar-refractivity contribution >= 4 is 11.8 Å². The van der Waals surface area contributed by atoms with E-state index in [9.17, 15) is 9.59 Å². The van der Waals surface area contributed by atoms with E-state index in [4.69, 9.17) is 4.74 Å². The summed E-state index contributed by atoms with van der Waals surface area (Å²) in [5, 5.41) is 3.08. The van der Waals surface area contributed by atoms with Gasteiger partial charge in [-0.25, -0.2) is 0 Å². The fraction of sp³-hybridized carbons (Fsp3) is 0.440. The number of nitrogens with one attached hydrogen (secondary N) is 1. The Morgan fingerprint density at radius 1 is 1.00 bits per heavy atom. The van der Waals surface area contributed by atoms with Crippen molar-refractivity contribution in [2.75, 3.05) is 39.4 Å². The molecule has 0 radical (unpaired) electrons. The van der Waals surface area contributed by atoms with Crippen molar-refractivity contribution in [2.45, 2.75) is 32.4 Å². The second-order valence-electron chi connectivity index (χ2n) is 7.81. The highest BCUT2D eigenvalue weighted by Crippen LogP contribution is 2.15. The van der Waals surface area contributed by atoms with E-state index in [1.807, 2.05) is 67.6 Å². The lowest BCUT2D eigenvalue weighted by atomic mass is 10.0. The van der Waals surface area contributed by atoms with Gasteiger partial charge in [-0.1, -0.05) is 67.6 Å². The summed E-state index contributed by atoms with van der Waals surface area (Å²) in [4.78, 5) is 30.2. The first kappa shape index (κ1) is 23.0. The number of hydrogen-bond acceptors (Lipinski definition) is 4. The monoisotopic (exact) mass is 423 g/mol. The van der Waals surface area contributed by atoms with Crippen LogP contribution < -0.4 is 5.32 Å². The molecule has 0 bridgehead atoms. The molecule has 0 spiro atoms. The summed E-state index contributed by atoms with van der Waals surface area (Å²) in [6.07, 6.45) is 0.849. The Kier molecular flexibility index (Phi) is 9.06. The second kappa shape index (κ2) is 12.2. The third-order valence-electron chi connectivity index (χ3n) is 5.60. The maximum absolute atomic E-state index is 13.3. The summed E-state index contributed by atoms with van der Waals surface area (Å²) in [5.74, 6) is -0.122. The molecule has 1 atom stereocenters. The molecule has 1 saturated heterocycles. The fourth-order valence-electron chi connectivity index (χ4n) is 3.82. The Balaban J connectivity index is 1.73. The van der Waals surface area contributed by atoms with Crippen molar-refractivity contribution in [2.24, 2.45) is 0 Å². The molecule has 1 N–H and O–H groups in total. The minimum atomic E-state index is -0.556. The normalized spacial score (nSPS) is 15.3. The van der Waals surface area contributed by atoms with E-state index in [0.717, 1.165) is 44.0 Å². The number of amides is 2. The maximum Gasteiger partial charge on any atom is 0.243 e. The lowest BCUT2D eigenvalue weighted by Gasteiger charge is -2.32. The third kappa shape index (κ3) is 7.19. The van der Waals surface area contributed by atoms with Gasteiger partial charge in [0, 0.05) is 45.6 Å². The zero-order chi connectivity index (χ0) is 21.9. The molecule has 6 heteroatoms. The first-order valence-corrected chi connectivity index (χ1v) is 11.1. The first-order chi connectivity index (χ1) is 15.2. The molecule has 2 aromatic carbocycles. The molecule has 2 amide bonds. The molecule has 0 unspecified atom stereocenters. The smallest absolute Gasteiger partial charge is 0.243 e. The molecule has 1 heterocycles. The Morgan fingerprint density at radius 3 is 2.23 bits per heavy atom. The molecule has 1 fully saturated rings. The molecule has 0 aromatic heterocycles. The lowest BCUT2D eigenvalue weighted by Crippen LogP contribution is -2.51. The van der Waals surface area contributed by atoms with Gasteiger partial charge >= 0.3 is 0 Å². The molecule has 1 aliphatic heterocycles. The summed E-state index contributed by atoms with van der Waals surface area (Å²) < 4.78 is 5.39. The molecule has 31 heavy (non-hydrogen) atoms. The molecule has 1 aliphatic rings. The van der Waals surface area contributed by atoms with E-state index in [1.165, 1.54) is 0 Å². The van der Waals surface area contributed by atoms with Crippen molar-refractivity contribution in [3.63, 3.8) is 0 Å². The molecule has 2 aromatic rings. The van der Waals surface area contributed by atoms with Crippen molar-refractivity contribution in [1.29, 1.82) is 0 Å². The highest BCUT2D eigenvalue weighted by atomic mass is 16.5. The zero-order valence-electron chi connectivity index (χ0n) is 18.3. The van der Waals surface area contributed by atoms with Gasteiger partial charge in [-0.15, -0.1) is 0 Å². The van der Waals surface area contributed by atoms with Crippen molar-refractivity contribution < 1.29 is 14.3 Å². The average Bonchev–Trinajstić information content (AvgIpc) is 2.82. The Bertz CT molecular complexity index is 807. The van der Waals surface area contributed by atoms with Gasteiger partial charge in [0.05, 0.1) is 13.2 Å². The van der Waals surface area contributed by atoms with Crippen LogP contribution in [0.3, 0.4) is 0 Å². The Labute approximate surface area is 185 Å². The van der Waals surface area contributed by atoms with Gasteiger partial charge in [0.1, 0.15) is 6.04 Å². The van der Waals surface area contributed by atoms with Crippen LogP contribution >= 0.6 is 0 Å². The highest BCUT2D eigenvalue weighted by Gasteiger charge is 2.29. The van der Waals surface area contributed by atoms with Gasteiger partial charge in [0.15, 0.2) is 0 Å². The Morgan fingerprint density at radius 2 is 1.61 bits per heavy atom. The van der Waals surface area contributed by atoms with Gasteiger partial charge in [0.25, 0.3) is 0 Å². The second-order valence-corrected chi connectivity index (χ2v) is 7.81. The SMILES string of the molecule is CCC(=O)N(Cc1ccccc1)[C@H](Cc1ccccc1)C(=O)NCCN1CCOCC1. The summed E-state index contributed by atoms with van der Waals surface area (Å²) in [7, 11) is 0. The summed E-state index contributed by atoms with van der Waals surface area (Å²) in [6.45, 7) is 6.85. The molecule has 166 valence electrons. The number of rotatable bonds is 10. The molecular formula is C25H33N3O3. The summed E-state index contributed by atoms with van der Waals surface area (Å²) in [5.41, 5.74) is 2.06. The van der Waals surface area contributed by atoms with E-state index in [0.29, 0.717) is 25.9 Å². The van der Waals surface area contributed by atoms with Gasteiger partial charge in [-0.3, -0.25) is 14.5 Å². The standard InChI is InChI=1S/C25H33N3O3/c1-2-24(29)28(20-22-11-7-4-8-12-22)23(19-21-9-5-3-6-10-21)25(30)26-13-14-27-15-17-31-18-16-27/h3-12,23H,2,13-20H2,1H3,(H,26,30)/t23-/m1/s1. The van der Waals surface area contributed by atoms with Crippen molar-refractivity contribution in [3.8, 4) is 0 Å². The molecular weight excluding hydrogens is 390 g/mol. The highest BCUT2D eigenvalue weighted by molar-refractivity contribution is 5.87. The largest absolute Gasteiger partial charge is 0.379 e. The summed E-state index contributed by atoms with van der Waals surface area (Å²) in [6, 6.07) is 19.2. The Hall–Kier alpha value is -2.70. The van der Waals surface area contributed by atoms with Gasteiger partial charge in [-0.05, 0) is 11.1 Å². The molecule has 3 rings (SSSR count). The fourth-order valence-corrected chi connectivity index (χ4v) is 3.82. The van der Waals surface area contributed by atoms with Crippen LogP contribution in [0.15, 0.2) is 60.7 Å². The van der Waals surface area contributed by atoms with Crippen molar-refractivity contribution in [3.05, 3.63) is 71.8 Å². The minimum Gasteiger partial charge on any atom is -0.379 e. The average molecular weight is 424 g/mol. The van der Waals surface area contributed by atoms with Crippen LogP contribution in [0.4, 0.5) is 0 Å². The van der Waals surface area contributed by atoms with Crippen LogP contribution in [0.1, 0.15) is 24.5 Å². The predicted molar refractivity (Wildman–Crippen MR) is 121 cm³/mol. The minimum absolute atomic E-state index is 0.0203. The van der Waals surface area contributed by atoms with E-state index >= 15 is 0 Å². The van der Waals surface area contributed by atoms with E-state index in [1.54, 1.807) is 4.90 Å². The maximum atomic E-state index is 13.3. The van der Waals surface area contributed by atoms with E-state index < -0.39 is 6.04 Å². The van der Waals surface area contributed by atoms with Crippen LogP contribution in [-0.4, -0.2) is 67.0 Å². The number of carbonyl (C=O) groups is 2. The lowest BCUT2D eigenvalue weighted by molar-refractivity contribution is -0.141. The third-order valence-corrected chi connectivity index (χ3v) is 5.60. The number of morpholine rings is 1. The van der Waals surface area contributed by atoms with Crippen LogP contribution in [0.2, 0.25) is 0 Å². The number of nitrogens with zero attached hydrogens (tertiary/aromatic N) is 2. The van der Waals surface area contributed by atoms with Crippen LogP contribution in [0.25, 0.3) is 0 Å². The van der Waals surface area contributed by atoms with Crippen molar-refractivity contribution in [1.82, 2.24) is 15.1 Å². The molecule has 0 aliphatic carbocycles. The van der Waals surface area contributed by atoms with E-state index in [2.05, 4.69) is 10.2 Å². The van der Waals surface area contributed by atoms with Gasteiger partial charge in [0.2, 0.25) is 11.8 Å². The number of hydrogen-bond donors (Lipinski definition) is 1. The van der Waals surface area contributed by atoms with Crippen LogP contribution in [-0.2, 0) is 27.3 Å². The molecule has 6 nitrogen and oxygen atoms in total.